The Morgan fingerprint density at radius 1 is 1.62 bits per heavy atom. The standard InChI is InChI=1S/C5H11NO2.C4H9N/c1-6(2)4-3-5(7)8;1-3-4-5-2/h3-4H2,1-2H3,(H,7,8);3,5H,1,4H2,2H3. The Kier molecular flexibility index (Phi) is 12.5. The van der Waals surface area contributed by atoms with Gasteiger partial charge in [0.2, 0.25) is 0 Å². The molecule has 0 aliphatic carbocycles. The van der Waals surface area contributed by atoms with Crippen molar-refractivity contribution in [3.8, 4) is 0 Å². The van der Waals surface area contributed by atoms with Crippen LogP contribution in [0.25, 0.3) is 0 Å². The fourth-order valence-corrected chi connectivity index (χ4v) is 0.464. The second-order valence-corrected chi connectivity index (χ2v) is 2.79. The third kappa shape index (κ3) is 24.7. The molecule has 0 aliphatic heterocycles. The van der Waals surface area contributed by atoms with E-state index in [1.807, 2.05) is 32.1 Å². The Morgan fingerprint density at radius 3 is 2.23 bits per heavy atom. The Hall–Kier alpha value is -0.870. The summed E-state index contributed by atoms with van der Waals surface area (Å²) in [6, 6.07) is 0. The zero-order chi connectivity index (χ0) is 10.7. The molecule has 0 aromatic rings. The molecule has 4 heteroatoms. The van der Waals surface area contributed by atoms with E-state index in [0.717, 1.165) is 6.54 Å². The molecule has 0 aromatic heterocycles. The molecule has 0 bridgehead atoms. The van der Waals surface area contributed by atoms with E-state index < -0.39 is 5.97 Å². The first kappa shape index (κ1) is 14.6. The maximum absolute atomic E-state index is 9.88. The summed E-state index contributed by atoms with van der Waals surface area (Å²) in [5, 5.41) is 11.0. The maximum atomic E-state index is 9.88. The normalized spacial score (nSPS) is 8.92. The maximum Gasteiger partial charge on any atom is 0.304 e. The van der Waals surface area contributed by atoms with Gasteiger partial charge in [-0.15, -0.1) is 6.58 Å². The van der Waals surface area contributed by atoms with Gasteiger partial charge in [0.05, 0.1) is 6.42 Å². The topological polar surface area (TPSA) is 52.6 Å². The third-order valence-corrected chi connectivity index (χ3v) is 1.12. The van der Waals surface area contributed by atoms with Gasteiger partial charge >= 0.3 is 5.97 Å². The molecule has 0 fully saturated rings. The van der Waals surface area contributed by atoms with Crippen molar-refractivity contribution in [2.45, 2.75) is 6.42 Å². The largest absolute Gasteiger partial charge is 0.481 e. The molecule has 13 heavy (non-hydrogen) atoms. The van der Waals surface area contributed by atoms with Crippen LogP contribution < -0.4 is 5.32 Å². The second-order valence-electron chi connectivity index (χ2n) is 2.79. The molecular formula is C9H20N2O2. The average molecular weight is 188 g/mol. The van der Waals surface area contributed by atoms with Gasteiger partial charge in [-0.1, -0.05) is 6.08 Å². The Morgan fingerprint density at radius 2 is 2.15 bits per heavy atom. The van der Waals surface area contributed by atoms with E-state index in [1.165, 1.54) is 0 Å². The molecule has 0 saturated carbocycles. The highest BCUT2D eigenvalue weighted by molar-refractivity contribution is 5.66. The lowest BCUT2D eigenvalue weighted by atomic mass is 10.4. The zero-order valence-corrected chi connectivity index (χ0v) is 8.71. The first-order valence-corrected chi connectivity index (χ1v) is 4.16. The van der Waals surface area contributed by atoms with Crippen LogP contribution in [0.1, 0.15) is 6.42 Å². The van der Waals surface area contributed by atoms with Crippen molar-refractivity contribution in [1.29, 1.82) is 0 Å². The third-order valence-electron chi connectivity index (χ3n) is 1.12. The summed E-state index contributed by atoms with van der Waals surface area (Å²) in [4.78, 5) is 11.7. The fourth-order valence-electron chi connectivity index (χ4n) is 0.464. The summed E-state index contributed by atoms with van der Waals surface area (Å²) >= 11 is 0. The lowest BCUT2D eigenvalue weighted by Gasteiger charge is -2.04. The highest BCUT2D eigenvalue weighted by Crippen LogP contribution is 1.80. The number of rotatable bonds is 5. The SMILES string of the molecule is C=CCNC.CN(C)CCC(=O)O. The van der Waals surface area contributed by atoms with Crippen molar-refractivity contribution in [2.24, 2.45) is 0 Å². The molecule has 4 nitrogen and oxygen atoms in total. The van der Waals surface area contributed by atoms with Crippen LogP contribution in [-0.4, -0.2) is 50.2 Å². The smallest absolute Gasteiger partial charge is 0.304 e. The van der Waals surface area contributed by atoms with Crippen LogP contribution in [0.4, 0.5) is 0 Å². The summed E-state index contributed by atoms with van der Waals surface area (Å²) in [6.45, 7) is 5.01. The molecule has 0 amide bonds. The monoisotopic (exact) mass is 188 g/mol. The van der Waals surface area contributed by atoms with Gasteiger partial charge in [-0.25, -0.2) is 0 Å². The molecule has 0 unspecified atom stereocenters. The molecular weight excluding hydrogens is 168 g/mol. The van der Waals surface area contributed by atoms with E-state index in [4.69, 9.17) is 5.11 Å². The molecule has 0 atom stereocenters. The minimum Gasteiger partial charge on any atom is -0.481 e. The summed E-state index contributed by atoms with van der Waals surface area (Å²) in [5.41, 5.74) is 0. The summed E-state index contributed by atoms with van der Waals surface area (Å²) in [6.07, 6.45) is 2.05. The highest BCUT2D eigenvalue weighted by Gasteiger charge is 1.95. The van der Waals surface area contributed by atoms with Gasteiger partial charge in [0.25, 0.3) is 0 Å². The lowest BCUT2D eigenvalue weighted by molar-refractivity contribution is -0.137. The molecule has 0 radical (unpaired) electrons. The number of carboxylic acid groups (broad SMARTS) is 1. The molecule has 0 rings (SSSR count). The number of nitrogens with zero attached hydrogens (tertiary/aromatic N) is 1. The Bertz CT molecular complexity index is 136. The van der Waals surface area contributed by atoms with E-state index in [-0.39, 0.29) is 6.42 Å². The number of aliphatic carboxylic acids is 1. The number of carbonyl (C=O) groups is 1. The highest BCUT2D eigenvalue weighted by atomic mass is 16.4. The van der Waals surface area contributed by atoms with E-state index in [9.17, 15) is 4.79 Å². The molecule has 0 heterocycles. The van der Waals surface area contributed by atoms with Gasteiger partial charge in [0.15, 0.2) is 0 Å². The van der Waals surface area contributed by atoms with Gasteiger partial charge in [-0.3, -0.25) is 4.79 Å². The van der Waals surface area contributed by atoms with Crippen molar-refractivity contribution < 1.29 is 9.90 Å². The van der Waals surface area contributed by atoms with E-state index >= 15 is 0 Å². The second kappa shape index (κ2) is 11.1. The molecule has 78 valence electrons. The van der Waals surface area contributed by atoms with Crippen LogP contribution in [0.15, 0.2) is 12.7 Å². The Balaban J connectivity index is 0. The van der Waals surface area contributed by atoms with Gasteiger partial charge in [-0.2, -0.15) is 0 Å². The average Bonchev–Trinajstić information content (AvgIpc) is 2.03. The van der Waals surface area contributed by atoms with Crippen molar-refractivity contribution >= 4 is 5.97 Å². The fraction of sp³-hybridized carbons (Fsp3) is 0.667. The van der Waals surface area contributed by atoms with Gasteiger partial charge < -0.3 is 15.3 Å². The van der Waals surface area contributed by atoms with E-state index in [1.54, 1.807) is 0 Å². The Labute approximate surface area is 80.2 Å². The van der Waals surface area contributed by atoms with Gasteiger partial charge in [0, 0.05) is 13.1 Å². The van der Waals surface area contributed by atoms with Crippen LogP contribution in [0, 0.1) is 0 Å². The molecule has 0 aliphatic rings. The molecule has 0 aromatic carbocycles. The number of hydrogen-bond donors (Lipinski definition) is 2. The lowest BCUT2D eigenvalue weighted by Crippen LogP contribution is -2.15. The first-order chi connectivity index (χ1) is 6.04. The van der Waals surface area contributed by atoms with Crippen LogP contribution >= 0.6 is 0 Å². The van der Waals surface area contributed by atoms with Crippen molar-refractivity contribution in [2.75, 3.05) is 34.2 Å². The van der Waals surface area contributed by atoms with Gasteiger partial charge in [0.1, 0.15) is 0 Å². The first-order valence-electron chi connectivity index (χ1n) is 4.16. The van der Waals surface area contributed by atoms with Crippen molar-refractivity contribution in [3.05, 3.63) is 12.7 Å². The van der Waals surface area contributed by atoms with Crippen LogP contribution in [0.2, 0.25) is 0 Å². The van der Waals surface area contributed by atoms with Crippen LogP contribution in [0.3, 0.4) is 0 Å². The summed E-state index contributed by atoms with van der Waals surface area (Å²) < 4.78 is 0. The van der Waals surface area contributed by atoms with Crippen molar-refractivity contribution in [3.63, 3.8) is 0 Å². The summed E-state index contributed by atoms with van der Waals surface area (Å²) in [5.74, 6) is -0.737. The molecule has 0 spiro atoms. The quantitative estimate of drug-likeness (QED) is 0.614. The van der Waals surface area contributed by atoms with E-state index in [2.05, 4.69) is 11.9 Å². The predicted octanol–water partition coefficient (Wildman–Crippen LogP) is 0.415. The number of likely N-dealkylation sites (N-methyl/N-ethyl adjacent to an activating group) is 1. The van der Waals surface area contributed by atoms with Gasteiger partial charge in [-0.05, 0) is 21.1 Å². The molecule has 0 saturated heterocycles. The minimum absolute atomic E-state index is 0.229. The van der Waals surface area contributed by atoms with Crippen LogP contribution in [-0.2, 0) is 4.79 Å². The number of nitrogens with one attached hydrogen (secondary N) is 1. The minimum atomic E-state index is -0.737. The van der Waals surface area contributed by atoms with E-state index in [0.29, 0.717) is 6.54 Å². The number of carboxylic acids is 1. The molecule has 2 N–H and O–H groups in total. The van der Waals surface area contributed by atoms with Crippen molar-refractivity contribution in [1.82, 2.24) is 10.2 Å². The predicted molar refractivity (Wildman–Crippen MR) is 54.9 cm³/mol. The summed E-state index contributed by atoms with van der Waals surface area (Å²) in [7, 11) is 5.59. The number of hydrogen-bond acceptors (Lipinski definition) is 3. The van der Waals surface area contributed by atoms with Crippen LogP contribution in [0.5, 0.6) is 0 Å². The zero-order valence-electron chi connectivity index (χ0n) is 8.71.